The summed E-state index contributed by atoms with van der Waals surface area (Å²) < 4.78 is 7.67. The predicted molar refractivity (Wildman–Crippen MR) is 84.0 cm³/mol. The van der Waals surface area contributed by atoms with Gasteiger partial charge in [-0.3, -0.25) is 5.32 Å². The summed E-state index contributed by atoms with van der Waals surface area (Å²) >= 11 is 0. The molecule has 122 valence electrons. The molecular formula is C15H20N6O2. The minimum absolute atomic E-state index is 0.183. The molecule has 0 aromatic carbocycles. The molecule has 0 aliphatic carbocycles. The number of nitrogens with one attached hydrogen (secondary N) is 1. The Bertz CT molecular complexity index is 669. The van der Waals surface area contributed by atoms with Gasteiger partial charge < -0.3 is 14.2 Å². The highest BCUT2D eigenvalue weighted by Gasteiger charge is 2.28. The molecule has 3 heterocycles. The third-order valence-electron chi connectivity index (χ3n) is 3.77. The Labute approximate surface area is 134 Å². The quantitative estimate of drug-likeness (QED) is 0.930. The topological polar surface area (TPSA) is 85.2 Å². The summed E-state index contributed by atoms with van der Waals surface area (Å²) in [4.78, 5) is 18.3. The molecular weight excluding hydrogens is 296 g/mol. The summed E-state index contributed by atoms with van der Waals surface area (Å²) in [7, 11) is 0. The van der Waals surface area contributed by atoms with E-state index in [9.17, 15) is 4.79 Å². The van der Waals surface area contributed by atoms with Gasteiger partial charge in [0.15, 0.2) is 5.82 Å². The van der Waals surface area contributed by atoms with Crippen LogP contribution in [-0.2, 0) is 11.3 Å². The number of aromatic nitrogens is 4. The summed E-state index contributed by atoms with van der Waals surface area (Å²) in [5.41, 5.74) is 1.05. The molecule has 0 saturated carbocycles. The molecule has 8 nitrogen and oxygen atoms in total. The number of anilines is 1. The van der Waals surface area contributed by atoms with Crippen LogP contribution in [0, 0.1) is 6.92 Å². The molecule has 2 aromatic rings. The van der Waals surface area contributed by atoms with Gasteiger partial charge in [-0.25, -0.2) is 9.78 Å². The third-order valence-corrected chi connectivity index (χ3v) is 3.77. The van der Waals surface area contributed by atoms with E-state index in [1.54, 1.807) is 23.5 Å². The van der Waals surface area contributed by atoms with E-state index in [2.05, 4.69) is 20.5 Å². The zero-order valence-corrected chi connectivity index (χ0v) is 13.3. The van der Waals surface area contributed by atoms with Crippen molar-refractivity contribution in [2.45, 2.75) is 26.5 Å². The largest absolute Gasteiger partial charge is 0.366 e. The predicted octanol–water partition coefficient (Wildman–Crippen LogP) is 1.61. The lowest BCUT2D eigenvalue weighted by Crippen LogP contribution is -2.45. The van der Waals surface area contributed by atoms with Crippen LogP contribution in [0.5, 0.6) is 0 Å². The molecule has 0 bridgehead atoms. The van der Waals surface area contributed by atoms with E-state index in [-0.39, 0.29) is 12.1 Å². The lowest BCUT2D eigenvalue weighted by Gasteiger charge is -2.32. The Kier molecular flexibility index (Phi) is 4.52. The molecule has 0 spiro atoms. The van der Waals surface area contributed by atoms with Crippen molar-refractivity contribution in [3.8, 4) is 0 Å². The number of pyridine rings is 1. The SMILES string of the molecule is CCn1cnnc1[C@H]1CN(C(=O)Nc2ccc(C)cn2)CCO1. The lowest BCUT2D eigenvalue weighted by molar-refractivity contribution is -0.0199. The van der Waals surface area contributed by atoms with Crippen LogP contribution in [-0.4, -0.2) is 50.4 Å². The minimum Gasteiger partial charge on any atom is -0.366 e. The fraction of sp³-hybridized carbons (Fsp3) is 0.467. The summed E-state index contributed by atoms with van der Waals surface area (Å²) in [6.07, 6.45) is 3.14. The molecule has 1 N–H and O–H groups in total. The monoisotopic (exact) mass is 316 g/mol. The van der Waals surface area contributed by atoms with Crippen molar-refractivity contribution in [2.24, 2.45) is 0 Å². The first kappa shape index (κ1) is 15.4. The van der Waals surface area contributed by atoms with Crippen LogP contribution in [0.3, 0.4) is 0 Å². The maximum atomic E-state index is 12.4. The van der Waals surface area contributed by atoms with Crippen molar-refractivity contribution in [2.75, 3.05) is 25.0 Å². The number of nitrogens with zero attached hydrogens (tertiary/aromatic N) is 5. The summed E-state index contributed by atoms with van der Waals surface area (Å²) in [6, 6.07) is 3.52. The van der Waals surface area contributed by atoms with E-state index in [0.29, 0.717) is 25.5 Å². The Hall–Kier alpha value is -2.48. The molecule has 0 unspecified atom stereocenters. The zero-order valence-electron chi connectivity index (χ0n) is 13.3. The molecule has 2 aromatic heterocycles. The Balaban J connectivity index is 1.66. The van der Waals surface area contributed by atoms with Crippen molar-refractivity contribution >= 4 is 11.8 Å². The number of aryl methyl sites for hydroxylation is 2. The first-order valence-electron chi connectivity index (χ1n) is 7.65. The average molecular weight is 316 g/mol. The number of hydrogen-bond donors (Lipinski definition) is 1. The number of morpholine rings is 1. The third kappa shape index (κ3) is 3.48. The normalized spacial score (nSPS) is 18.0. The highest BCUT2D eigenvalue weighted by atomic mass is 16.5. The number of urea groups is 1. The highest BCUT2D eigenvalue weighted by molar-refractivity contribution is 5.88. The van der Waals surface area contributed by atoms with Crippen molar-refractivity contribution in [3.05, 3.63) is 36.0 Å². The maximum absolute atomic E-state index is 12.4. The van der Waals surface area contributed by atoms with Gasteiger partial charge in [0.2, 0.25) is 0 Å². The first-order valence-corrected chi connectivity index (χ1v) is 7.65. The Morgan fingerprint density at radius 2 is 2.35 bits per heavy atom. The van der Waals surface area contributed by atoms with E-state index in [0.717, 1.165) is 17.9 Å². The van der Waals surface area contributed by atoms with E-state index < -0.39 is 0 Å². The van der Waals surface area contributed by atoms with Gasteiger partial charge in [0.25, 0.3) is 0 Å². The number of amides is 2. The van der Waals surface area contributed by atoms with Crippen LogP contribution in [0.2, 0.25) is 0 Å². The van der Waals surface area contributed by atoms with E-state index >= 15 is 0 Å². The summed E-state index contributed by atoms with van der Waals surface area (Å²) in [5.74, 6) is 1.29. The number of hydrogen-bond acceptors (Lipinski definition) is 5. The van der Waals surface area contributed by atoms with E-state index in [1.165, 1.54) is 0 Å². The van der Waals surface area contributed by atoms with Gasteiger partial charge in [-0.2, -0.15) is 0 Å². The Morgan fingerprint density at radius 3 is 3.09 bits per heavy atom. The fourth-order valence-electron chi connectivity index (χ4n) is 2.48. The average Bonchev–Trinajstić information content (AvgIpc) is 3.06. The number of carbonyl (C=O) groups excluding carboxylic acids is 1. The second-order valence-corrected chi connectivity index (χ2v) is 5.43. The van der Waals surface area contributed by atoms with E-state index in [4.69, 9.17) is 4.74 Å². The number of rotatable bonds is 3. The number of carbonyl (C=O) groups is 1. The molecule has 3 rings (SSSR count). The van der Waals surface area contributed by atoms with Crippen LogP contribution in [0.4, 0.5) is 10.6 Å². The standard InChI is InChI=1S/C15H20N6O2/c1-3-20-10-17-19-14(20)12-9-21(6-7-23-12)15(22)18-13-5-4-11(2)8-16-13/h4-5,8,10,12H,3,6-7,9H2,1-2H3,(H,16,18,22)/t12-/m1/s1. The summed E-state index contributed by atoms with van der Waals surface area (Å²) in [6.45, 7) is 6.18. The second kappa shape index (κ2) is 6.74. The minimum atomic E-state index is -0.261. The highest BCUT2D eigenvalue weighted by Crippen LogP contribution is 2.21. The molecule has 8 heteroatoms. The van der Waals surface area contributed by atoms with Crippen LogP contribution in [0.1, 0.15) is 24.4 Å². The molecule has 2 amide bonds. The van der Waals surface area contributed by atoms with Gasteiger partial charge in [0.1, 0.15) is 18.2 Å². The van der Waals surface area contributed by atoms with Crippen molar-refractivity contribution in [1.82, 2.24) is 24.6 Å². The van der Waals surface area contributed by atoms with Crippen LogP contribution >= 0.6 is 0 Å². The van der Waals surface area contributed by atoms with E-state index in [1.807, 2.05) is 24.5 Å². The van der Waals surface area contributed by atoms with Crippen molar-refractivity contribution in [1.29, 1.82) is 0 Å². The van der Waals surface area contributed by atoms with Crippen LogP contribution in [0.15, 0.2) is 24.7 Å². The van der Waals surface area contributed by atoms with Crippen molar-refractivity contribution in [3.63, 3.8) is 0 Å². The van der Waals surface area contributed by atoms with Gasteiger partial charge in [-0.15, -0.1) is 10.2 Å². The fourth-order valence-corrected chi connectivity index (χ4v) is 2.48. The molecule has 1 fully saturated rings. The van der Waals surface area contributed by atoms with Gasteiger partial charge in [0.05, 0.1) is 13.2 Å². The summed E-state index contributed by atoms with van der Waals surface area (Å²) in [5, 5.41) is 10.8. The van der Waals surface area contributed by atoms with Crippen LogP contribution < -0.4 is 5.32 Å². The smallest absolute Gasteiger partial charge is 0.323 e. The molecule has 1 aliphatic rings. The zero-order chi connectivity index (χ0) is 16.2. The molecule has 1 atom stereocenters. The van der Waals surface area contributed by atoms with Gasteiger partial charge in [-0.05, 0) is 25.5 Å². The van der Waals surface area contributed by atoms with Gasteiger partial charge >= 0.3 is 6.03 Å². The molecule has 0 radical (unpaired) electrons. The molecule has 1 saturated heterocycles. The molecule has 1 aliphatic heterocycles. The number of ether oxygens (including phenoxy) is 1. The first-order chi connectivity index (χ1) is 11.2. The Morgan fingerprint density at radius 1 is 1.48 bits per heavy atom. The lowest BCUT2D eigenvalue weighted by atomic mass is 10.2. The molecule has 23 heavy (non-hydrogen) atoms. The van der Waals surface area contributed by atoms with Crippen molar-refractivity contribution < 1.29 is 9.53 Å². The second-order valence-electron chi connectivity index (χ2n) is 5.43. The maximum Gasteiger partial charge on any atom is 0.323 e. The van der Waals surface area contributed by atoms with Crippen LogP contribution in [0.25, 0.3) is 0 Å². The van der Waals surface area contributed by atoms with Gasteiger partial charge in [0, 0.05) is 19.3 Å². The van der Waals surface area contributed by atoms with Gasteiger partial charge in [-0.1, -0.05) is 6.07 Å².